The summed E-state index contributed by atoms with van der Waals surface area (Å²) in [7, 11) is 0. The number of nitrogens with zero attached hydrogens (tertiary/aromatic N) is 2. The summed E-state index contributed by atoms with van der Waals surface area (Å²) in [6.45, 7) is 3.04. The maximum atomic E-state index is 5.78. The van der Waals surface area contributed by atoms with Gasteiger partial charge in [0.05, 0.1) is 11.9 Å². The Kier molecular flexibility index (Phi) is 2.56. The van der Waals surface area contributed by atoms with Gasteiger partial charge in [-0.1, -0.05) is 6.42 Å². The SMILES string of the molecule is NCc1ccncc1N1CC2CCCC2C1. The van der Waals surface area contributed by atoms with Gasteiger partial charge in [0.2, 0.25) is 0 Å². The van der Waals surface area contributed by atoms with E-state index in [-0.39, 0.29) is 0 Å². The Bertz CT molecular complexity index is 365. The molecule has 1 saturated heterocycles. The normalized spacial score (nSPS) is 28.4. The van der Waals surface area contributed by atoms with Crippen molar-refractivity contribution in [2.75, 3.05) is 18.0 Å². The number of pyridine rings is 1. The molecule has 2 aliphatic rings. The average Bonchev–Trinajstić information content (AvgIpc) is 2.89. The zero-order valence-corrected chi connectivity index (χ0v) is 9.60. The molecule has 1 aromatic heterocycles. The highest BCUT2D eigenvalue weighted by atomic mass is 15.2. The molecule has 1 aromatic rings. The molecule has 0 amide bonds. The molecule has 0 bridgehead atoms. The molecule has 3 rings (SSSR count). The molecule has 2 unspecified atom stereocenters. The Balaban J connectivity index is 1.83. The van der Waals surface area contributed by atoms with Gasteiger partial charge in [0.25, 0.3) is 0 Å². The van der Waals surface area contributed by atoms with Crippen molar-refractivity contribution >= 4 is 5.69 Å². The quantitative estimate of drug-likeness (QED) is 0.821. The maximum absolute atomic E-state index is 5.78. The van der Waals surface area contributed by atoms with Crippen molar-refractivity contribution in [3.63, 3.8) is 0 Å². The average molecular weight is 217 g/mol. The van der Waals surface area contributed by atoms with Crippen LogP contribution in [0.3, 0.4) is 0 Å². The van der Waals surface area contributed by atoms with Gasteiger partial charge in [-0.2, -0.15) is 0 Å². The van der Waals surface area contributed by atoms with E-state index in [1.54, 1.807) is 0 Å². The summed E-state index contributed by atoms with van der Waals surface area (Å²) in [5.74, 6) is 1.84. The number of aromatic nitrogens is 1. The minimum atomic E-state index is 0.615. The number of anilines is 1. The monoisotopic (exact) mass is 217 g/mol. The van der Waals surface area contributed by atoms with Crippen LogP contribution in [0, 0.1) is 11.8 Å². The van der Waals surface area contributed by atoms with E-state index in [1.807, 2.05) is 18.5 Å². The first-order valence-corrected chi connectivity index (χ1v) is 6.26. The molecule has 16 heavy (non-hydrogen) atoms. The molecule has 2 heterocycles. The summed E-state index contributed by atoms with van der Waals surface area (Å²) in [6.07, 6.45) is 8.07. The molecule has 1 saturated carbocycles. The molecule has 2 N–H and O–H groups in total. The summed E-state index contributed by atoms with van der Waals surface area (Å²) in [5, 5.41) is 0. The van der Waals surface area contributed by atoms with Crippen molar-refractivity contribution in [1.29, 1.82) is 0 Å². The largest absolute Gasteiger partial charge is 0.369 e. The number of hydrogen-bond acceptors (Lipinski definition) is 3. The van der Waals surface area contributed by atoms with E-state index >= 15 is 0 Å². The highest BCUT2D eigenvalue weighted by Gasteiger charge is 2.36. The van der Waals surface area contributed by atoms with E-state index in [0.717, 1.165) is 11.8 Å². The summed E-state index contributed by atoms with van der Waals surface area (Å²) in [5.41, 5.74) is 8.27. The fourth-order valence-corrected chi connectivity index (χ4v) is 3.30. The third kappa shape index (κ3) is 1.59. The third-order valence-corrected chi connectivity index (χ3v) is 4.17. The summed E-state index contributed by atoms with van der Waals surface area (Å²) >= 11 is 0. The second kappa shape index (κ2) is 4.06. The summed E-state index contributed by atoms with van der Waals surface area (Å²) in [4.78, 5) is 6.72. The Hall–Kier alpha value is -1.09. The number of nitrogens with two attached hydrogens (primary N) is 1. The van der Waals surface area contributed by atoms with Crippen LogP contribution in [-0.2, 0) is 6.54 Å². The minimum absolute atomic E-state index is 0.615. The second-order valence-electron chi connectivity index (χ2n) is 5.06. The molecule has 3 heteroatoms. The van der Waals surface area contributed by atoms with Crippen molar-refractivity contribution in [3.8, 4) is 0 Å². The van der Waals surface area contributed by atoms with E-state index in [0.29, 0.717) is 6.54 Å². The van der Waals surface area contributed by atoms with Crippen LogP contribution in [0.1, 0.15) is 24.8 Å². The van der Waals surface area contributed by atoms with Crippen LogP contribution in [0.5, 0.6) is 0 Å². The van der Waals surface area contributed by atoms with Crippen LogP contribution in [0.4, 0.5) is 5.69 Å². The molecule has 1 aliphatic carbocycles. The molecule has 0 spiro atoms. The zero-order valence-electron chi connectivity index (χ0n) is 9.60. The van der Waals surface area contributed by atoms with Gasteiger partial charge in [-0.05, 0) is 36.3 Å². The van der Waals surface area contributed by atoms with E-state index in [1.165, 1.54) is 43.6 Å². The fourth-order valence-electron chi connectivity index (χ4n) is 3.30. The van der Waals surface area contributed by atoms with Gasteiger partial charge in [0.1, 0.15) is 0 Å². The molecule has 0 radical (unpaired) electrons. The standard InChI is InChI=1S/C13H19N3/c14-6-10-4-5-15-7-13(10)16-8-11-2-1-3-12(11)9-16/h4-5,7,11-12H,1-3,6,8-9,14H2. The van der Waals surface area contributed by atoms with Crippen molar-refractivity contribution in [3.05, 3.63) is 24.0 Å². The molecule has 86 valence electrons. The van der Waals surface area contributed by atoms with Gasteiger partial charge >= 0.3 is 0 Å². The van der Waals surface area contributed by atoms with Gasteiger partial charge in [-0.3, -0.25) is 4.98 Å². The van der Waals surface area contributed by atoms with Crippen LogP contribution in [0.2, 0.25) is 0 Å². The molecule has 2 atom stereocenters. The van der Waals surface area contributed by atoms with Gasteiger partial charge in [-0.15, -0.1) is 0 Å². The topological polar surface area (TPSA) is 42.1 Å². The highest BCUT2D eigenvalue weighted by molar-refractivity contribution is 5.52. The first-order chi connectivity index (χ1) is 7.88. The van der Waals surface area contributed by atoms with Crippen LogP contribution in [-0.4, -0.2) is 18.1 Å². The lowest BCUT2D eigenvalue weighted by atomic mass is 10.0. The molecule has 2 fully saturated rings. The summed E-state index contributed by atoms with van der Waals surface area (Å²) in [6, 6.07) is 2.05. The van der Waals surface area contributed by atoms with Gasteiger partial charge < -0.3 is 10.6 Å². The molecule has 3 nitrogen and oxygen atoms in total. The first-order valence-electron chi connectivity index (χ1n) is 6.26. The van der Waals surface area contributed by atoms with Crippen LogP contribution >= 0.6 is 0 Å². The van der Waals surface area contributed by atoms with Crippen molar-refractivity contribution in [2.45, 2.75) is 25.8 Å². The Morgan fingerprint density at radius 1 is 1.31 bits per heavy atom. The van der Waals surface area contributed by atoms with Crippen LogP contribution < -0.4 is 10.6 Å². The summed E-state index contributed by atoms with van der Waals surface area (Å²) < 4.78 is 0. The van der Waals surface area contributed by atoms with Crippen molar-refractivity contribution in [1.82, 2.24) is 4.98 Å². The maximum Gasteiger partial charge on any atom is 0.0598 e. The van der Waals surface area contributed by atoms with Crippen molar-refractivity contribution in [2.24, 2.45) is 17.6 Å². The van der Waals surface area contributed by atoms with Crippen molar-refractivity contribution < 1.29 is 0 Å². The smallest absolute Gasteiger partial charge is 0.0598 e. The number of hydrogen-bond donors (Lipinski definition) is 1. The first kappa shape index (κ1) is 10.1. The zero-order chi connectivity index (χ0) is 11.0. The Morgan fingerprint density at radius 3 is 2.75 bits per heavy atom. The second-order valence-corrected chi connectivity index (χ2v) is 5.06. The lowest BCUT2D eigenvalue weighted by molar-refractivity contribution is 0.494. The fraction of sp³-hybridized carbons (Fsp3) is 0.615. The lowest BCUT2D eigenvalue weighted by Crippen LogP contribution is -2.22. The Labute approximate surface area is 96.7 Å². The highest BCUT2D eigenvalue weighted by Crippen LogP contribution is 2.39. The van der Waals surface area contributed by atoms with Crippen LogP contribution in [0.15, 0.2) is 18.5 Å². The van der Waals surface area contributed by atoms with Gasteiger partial charge in [0.15, 0.2) is 0 Å². The predicted octanol–water partition coefficient (Wildman–Crippen LogP) is 1.78. The van der Waals surface area contributed by atoms with E-state index in [4.69, 9.17) is 5.73 Å². The van der Waals surface area contributed by atoms with E-state index in [2.05, 4.69) is 9.88 Å². The van der Waals surface area contributed by atoms with Gasteiger partial charge in [0, 0.05) is 25.8 Å². The third-order valence-electron chi connectivity index (χ3n) is 4.17. The molecular weight excluding hydrogens is 198 g/mol. The minimum Gasteiger partial charge on any atom is -0.369 e. The van der Waals surface area contributed by atoms with E-state index in [9.17, 15) is 0 Å². The Morgan fingerprint density at radius 2 is 2.06 bits per heavy atom. The van der Waals surface area contributed by atoms with Gasteiger partial charge in [-0.25, -0.2) is 0 Å². The molecule has 0 aromatic carbocycles. The lowest BCUT2D eigenvalue weighted by Gasteiger charge is -2.21. The molecule has 1 aliphatic heterocycles. The number of rotatable bonds is 2. The van der Waals surface area contributed by atoms with E-state index < -0.39 is 0 Å². The van der Waals surface area contributed by atoms with Crippen LogP contribution in [0.25, 0.3) is 0 Å². The number of fused-ring (bicyclic) bond motifs is 1. The molecular formula is C13H19N3. The predicted molar refractivity (Wildman–Crippen MR) is 65.2 cm³/mol.